The number of hydrogen-bond acceptors (Lipinski definition) is 4. The maximum atomic E-state index is 11.9. The van der Waals surface area contributed by atoms with Gasteiger partial charge < -0.3 is 10.0 Å². The van der Waals surface area contributed by atoms with Crippen LogP contribution < -0.4 is 0 Å². The van der Waals surface area contributed by atoms with Crippen molar-refractivity contribution in [3.8, 4) is 0 Å². The highest BCUT2D eigenvalue weighted by Crippen LogP contribution is 2.32. The molecule has 0 amide bonds. The lowest BCUT2D eigenvalue weighted by Gasteiger charge is -2.37. The molecule has 1 aliphatic rings. The molecule has 2 aromatic rings. The van der Waals surface area contributed by atoms with Crippen molar-refractivity contribution in [2.75, 3.05) is 32.7 Å². The molecular weight excluding hydrogens is 284 g/mol. The smallest absolute Gasteiger partial charge is 0.325 e. The van der Waals surface area contributed by atoms with Crippen molar-refractivity contribution >= 4 is 27.4 Å². The molecule has 2 heterocycles. The average Bonchev–Trinajstić information content (AvgIpc) is 2.97. The quantitative estimate of drug-likeness (QED) is 0.943. The van der Waals surface area contributed by atoms with E-state index in [4.69, 9.17) is 0 Å². The van der Waals surface area contributed by atoms with E-state index in [9.17, 15) is 9.90 Å². The fourth-order valence-corrected chi connectivity index (χ4v) is 3.99. The fourth-order valence-electron chi connectivity index (χ4n) is 3.06. The normalized spacial score (nSPS) is 18.9. The van der Waals surface area contributed by atoms with Gasteiger partial charge in [0.15, 0.2) is 0 Å². The summed E-state index contributed by atoms with van der Waals surface area (Å²) in [6.45, 7) is 6.70. The van der Waals surface area contributed by atoms with Gasteiger partial charge in [0, 0.05) is 30.9 Å². The van der Waals surface area contributed by atoms with Crippen molar-refractivity contribution in [1.82, 2.24) is 9.80 Å². The van der Waals surface area contributed by atoms with Crippen molar-refractivity contribution < 1.29 is 9.90 Å². The second-order valence-electron chi connectivity index (χ2n) is 5.40. The van der Waals surface area contributed by atoms with Crippen LogP contribution in [-0.2, 0) is 4.79 Å². The molecule has 1 aromatic heterocycles. The third-order valence-corrected chi connectivity index (χ3v) is 5.24. The molecule has 0 radical (unpaired) electrons. The highest BCUT2D eigenvalue weighted by molar-refractivity contribution is 7.17. The second kappa shape index (κ2) is 6.13. The molecule has 1 atom stereocenters. The van der Waals surface area contributed by atoms with E-state index < -0.39 is 12.0 Å². The molecule has 1 N–H and O–H groups in total. The van der Waals surface area contributed by atoms with Crippen molar-refractivity contribution in [1.29, 1.82) is 0 Å². The van der Waals surface area contributed by atoms with E-state index in [1.165, 1.54) is 0 Å². The van der Waals surface area contributed by atoms with E-state index in [1.807, 2.05) is 23.6 Å². The maximum Gasteiger partial charge on any atom is 0.325 e. The largest absolute Gasteiger partial charge is 0.480 e. The summed E-state index contributed by atoms with van der Waals surface area (Å²) in [5.41, 5.74) is 0.931. The molecule has 5 heteroatoms. The predicted molar refractivity (Wildman–Crippen MR) is 85.9 cm³/mol. The SMILES string of the molecule is CCN1CCN([C@H](C(=O)O)c2cccc3ccsc23)CC1. The van der Waals surface area contributed by atoms with Crippen LogP contribution in [0, 0.1) is 0 Å². The molecule has 0 spiro atoms. The zero-order valence-corrected chi connectivity index (χ0v) is 13.0. The summed E-state index contributed by atoms with van der Waals surface area (Å²) in [5, 5.41) is 12.9. The molecule has 0 aliphatic carbocycles. The molecule has 1 fully saturated rings. The van der Waals surface area contributed by atoms with E-state index in [1.54, 1.807) is 11.3 Å². The summed E-state index contributed by atoms with van der Waals surface area (Å²) in [5.74, 6) is -0.749. The fraction of sp³-hybridized carbons (Fsp3) is 0.438. The Labute approximate surface area is 128 Å². The highest BCUT2D eigenvalue weighted by atomic mass is 32.1. The van der Waals surface area contributed by atoms with Crippen LogP contribution in [0.4, 0.5) is 0 Å². The standard InChI is InChI=1S/C16H20N2O2S/c1-2-17-7-9-18(10-8-17)14(16(19)20)13-5-3-4-12-6-11-21-15(12)13/h3-6,11,14H,2,7-10H2,1H3,(H,19,20)/t14-/m0/s1. The van der Waals surface area contributed by atoms with Crippen LogP contribution >= 0.6 is 11.3 Å². The molecule has 4 nitrogen and oxygen atoms in total. The first-order chi connectivity index (χ1) is 10.2. The van der Waals surface area contributed by atoms with Gasteiger partial charge in [-0.2, -0.15) is 0 Å². The summed E-state index contributed by atoms with van der Waals surface area (Å²) < 4.78 is 1.10. The zero-order valence-electron chi connectivity index (χ0n) is 12.2. The first-order valence-electron chi connectivity index (χ1n) is 7.36. The van der Waals surface area contributed by atoms with Crippen LogP contribution in [0.25, 0.3) is 10.1 Å². The summed E-state index contributed by atoms with van der Waals surface area (Å²) in [7, 11) is 0. The number of rotatable bonds is 4. The minimum Gasteiger partial charge on any atom is -0.480 e. The van der Waals surface area contributed by atoms with Gasteiger partial charge in [0.1, 0.15) is 6.04 Å². The second-order valence-corrected chi connectivity index (χ2v) is 6.31. The van der Waals surface area contributed by atoms with E-state index in [-0.39, 0.29) is 0 Å². The van der Waals surface area contributed by atoms with Gasteiger partial charge in [-0.3, -0.25) is 9.69 Å². The third-order valence-electron chi connectivity index (χ3n) is 4.26. The Bertz CT molecular complexity index is 632. The minimum atomic E-state index is -0.749. The van der Waals surface area contributed by atoms with Crippen molar-refractivity contribution in [2.24, 2.45) is 0 Å². The number of likely N-dealkylation sites (N-methyl/N-ethyl adjacent to an activating group) is 1. The van der Waals surface area contributed by atoms with Gasteiger partial charge in [0.05, 0.1) is 0 Å². The number of piperazine rings is 1. The van der Waals surface area contributed by atoms with Gasteiger partial charge in [-0.25, -0.2) is 0 Å². The van der Waals surface area contributed by atoms with Crippen molar-refractivity contribution in [3.05, 3.63) is 35.2 Å². The maximum absolute atomic E-state index is 11.9. The third kappa shape index (κ3) is 2.81. The van der Waals surface area contributed by atoms with Gasteiger partial charge in [0.2, 0.25) is 0 Å². The van der Waals surface area contributed by atoms with E-state index in [0.29, 0.717) is 0 Å². The number of thiophene rings is 1. The van der Waals surface area contributed by atoms with Crippen LogP contribution in [0.15, 0.2) is 29.6 Å². The van der Waals surface area contributed by atoms with Crippen LogP contribution in [0.3, 0.4) is 0 Å². The molecule has 0 saturated carbocycles. The molecule has 21 heavy (non-hydrogen) atoms. The van der Waals surface area contributed by atoms with Gasteiger partial charge in [-0.15, -0.1) is 11.3 Å². The lowest BCUT2D eigenvalue weighted by atomic mass is 10.0. The molecule has 3 rings (SSSR count). The topological polar surface area (TPSA) is 43.8 Å². The highest BCUT2D eigenvalue weighted by Gasteiger charge is 2.31. The van der Waals surface area contributed by atoms with Gasteiger partial charge >= 0.3 is 5.97 Å². The molecule has 1 saturated heterocycles. The number of carbonyl (C=O) groups is 1. The Hall–Kier alpha value is -1.43. The van der Waals surface area contributed by atoms with E-state index in [0.717, 1.165) is 48.4 Å². The summed E-state index contributed by atoms with van der Waals surface area (Å²) >= 11 is 1.63. The van der Waals surface area contributed by atoms with Gasteiger partial charge in [0.25, 0.3) is 0 Å². The number of fused-ring (bicyclic) bond motifs is 1. The number of aliphatic carboxylic acids is 1. The molecule has 1 aliphatic heterocycles. The summed E-state index contributed by atoms with van der Waals surface area (Å²) in [4.78, 5) is 16.3. The summed E-state index contributed by atoms with van der Waals surface area (Å²) in [6, 6.07) is 7.49. The summed E-state index contributed by atoms with van der Waals surface area (Å²) in [6.07, 6.45) is 0. The van der Waals surface area contributed by atoms with Crippen LogP contribution in [0.2, 0.25) is 0 Å². The lowest BCUT2D eigenvalue weighted by molar-refractivity contribution is -0.144. The molecule has 1 aromatic carbocycles. The number of nitrogens with zero attached hydrogens (tertiary/aromatic N) is 2. The first kappa shape index (κ1) is 14.5. The van der Waals surface area contributed by atoms with Crippen molar-refractivity contribution in [2.45, 2.75) is 13.0 Å². The number of hydrogen-bond donors (Lipinski definition) is 1. The van der Waals surface area contributed by atoms with E-state index >= 15 is 0 Å². The molecule has 0 bridgehead atoms. The Kier molecular flexibility index (Phi) is 4.24. The lowest BCUT2D eigenvalue weighted by Crippen LogP contribution is -2.49. The predicted octanol–water partition coefficient (Wildman–Crippen LogP) is 2.66. The zero-order chi connectivity index (χ0) is 14.8. The number of carboxylic acid groups (broad SMARTS) is 1. The van der Waals surface area contributed by atoms with Gasteiger partial charge in [-0.05, 0) is 28.9 Å². The Balaban J connectivity index is 1.92. The number of benzene rings is 1. The first-order valence-corrected chi connectivity index (χ1v) is 8.24. The minimum absolute atomic E-state index is 0.536. The average molecular weight is 304 g/mol. The van der Waals surface area contributed by atoms with Crippen molar-refractivity contribution in [3.63, 3.8) is 0 Å². The Morgan fingerprint density at radius 1 is 1.29 bits per heavy atom. The van der Waals surface area contributed by atoms with Crippen LogP contribution in [0.5, 0.6) is 0 Å². The molecular formula is C16H20N2O2S. The monoisotopic (exact) mass is 304 g/mol. The van der Waals surface area contributed by atoms with E-state index in [2.05, 4.69) is 22.8 Å². The van der Waals surface area contributed by atoms with Gasteiger partial charge in [-0.1, -0.05) is 25.1 Å². The Morgan fingerprint density at radius 2 is 2.05 bits per heavy atom. The number of carboxylic acids is 1. The van der Waals surface area contributed by atoms with Crippen LogP contribution in [0.1, 0.15) is 18.5 Å². The van der Waals surface area contributed by atoms with Crippen LogP contribution in [-0.4, -0.2) is 53.6 Å². The molecule has 112 valence electrons. The Morgan fingerprint density at radius 3 is 2.71 bits per heavy atom. The molecule has 0 unspecified atom stereocenters.